The molecule has 2 aliphatic rings. The van der Waals surface area contributed by atoms with E-state index in [-0.39, 0.29) is 29.7 Å². The number of rotatable bonds is 1. The van der Waals surface area contributed by atoms with E-state index < -0.39 is 0 Å². The Kier molecular flexibility index (Phi) is 1.22. The number of anilines is 1. The van der Waals surface area contributed by atoms with Crippen LogP contribution in [0.15, 0.2) is 12.3 Å². The highest BCUT2D eigenvalue weighted by molar-refractivity contribution is 6.25. The van der Waals surface area contributed by atoms with Crippen molar-refractivity contribution in [3.8, 4) is 0 Å². The molecule has 1 saturated heterocycles. The summed E-state index contributed by atoms with van der Waals surface area (Å²) in [5.41, 5.74) is 5.57. The monoisotopic (exact) mass is 192 g/mol. The summed E-state index contributed by atoms with van der Waals surface area (Å²) in [4.78, 5) is 24.4. The van der Waals surface area contributed by atoms with Crippen LogP contribution in [0.4, 0.5) is 5.82 Å². The highest BCUT2D eigenvalue weighted by Gasteiger charge is 2.66. The van der Waals surface area contributed by atoms with Crippen molar-refractivity contribution >= 4 is 17.6 Å². The summed E-state index contributed by atoms with van der Waals surface area (Å²) in [6.45, 7) is 0. The number of nitrogens with zero attached hydrogens (tertiary/aromatic N) is 2. The Labute approximate surface area is 79.1 Å². The second kappa shape index (κ2) is 2.21. The smallest absolute Gasteiger partial charge is 0.240 e. The number of imide groups is 1. The summed E-state index contributed by atoms with van der Waals surface area (Å²) in [5, 5.41) is 6.28. The molecule has 2 heterocycles. The largest absolute Gasteiger partial charge is 0.326 e. The van der Waals surface area contributed by atoms with Gasteiger partial charge in [-0.15, -0.1) is 0 Å². The average Bonchev–Trinajstić information content (AvgIpc) is 2.55. The van der Waals surface area contributed by atoms with E-state index in [1.165, 1.54) is 6.20 Å². The van der Waals surface area contributed by atoms with Crippen molar-refractivity contribution in [2.24, 2.45) is 17.6 Å². The number of H-pyrrole nitrogens is 1. The van der Waals surface area contributed by atoms with E-state index >= 15 is 0 Å². The molecular formula is C8H8N4O2. The van der Waals surface area contributed by atoms with Gasteiger partial charge in [-0.3, -0.25) is 14.7 Å². The van der Waals surface area contributed by atoms with Crippen LogP contribution in [-0.4, -0.2) is 28.1 Å². The topological polar surface area (TPSA) is 92.1 Å². The molecule has 1 saturated carbocycles. The zero-order chi connectivity index (χ0) is 9.87. The molecule has 72 valence electrons. The Balaban J connectivity index is 1.98. The van der Waals surface area contributed by atoms with Crippen LogP contribution < -0.4 is 10.6 Å². The number of nitrogens with one attached hydrogen (secondary N) is 1. The number of aromatic amines is 1. The Morgan fingerprint density at radius 1 is 1.36 bits per heavy atom. The molecule has 1 aromatic heterocycles. The summed E-state index contributed by atoms with van der Waals surface area (Å²) >= 11 is 0. The van der Waals surface area contributed by atoms with Crippen LogP contribution in [0.3, 0.4) is 0 Å². The minimum Gasteiger partial charge on any atom is -0.326 e. The van der Waals surface area contributed by atoms with Gasteiger partial charge < -0.3 is 5.73 Å². The van der Waals surface area contributed by atoms with Crippen molar-refractivity contribution in [3.05, 3.63) is 12.3 Å². The van der Waals surface area contributed by atoms with Crippen molar-refractivity contribution in [3.63, 3.8) is 0 Å². The van der Waals surface area contributed by atoms with E-state index in [1.54, 1.807) is 6.07 Å². The molecule has 6 nitrogen and oxygen atoms in total. The van der Waals surface area contributed by atoms with Crippen molar-refractivity contribution < 1.29 is 9.59 Å². The third-order valence-corrected chi connectivity index (χ3v) is 2.81. The molecule has 14 heavy (non-hydrogen) atoms. The highest BCUT2D eigenvalue weighted by atomic mass is 16.2. The van der Waals surface area contributed by atoms with Crippen LogP contribution in [0.5, 0.6) is 0 Å². The molecule has 0 spiro atoms. The summed E-state index contributed by atoms with van der Waals surface area (Å²) in [6.07, 6.45) is 1.50. The highest BCUT2D eigenvalue weighted by Crippen LogP contribution is 2.46. The molecule has 0 aromatic carbocycles. The zero-order valence-electron chi connectivity index (χ0n) is 7.18. The second-order valence-corrected chi connectivity index (χ2v) is 3.58. The number of amides is 2. The molecule has 2 fully saturated rings. The summed E-state index contributed by atoms with van der Waals surface area (Å²) in [6, 6.07) is 1.32. The van der Waals surface area contributed by atoms with Crippen LogP contribution in [0, 0.1) is 11.8 Å². The molecule has 1 aliphatic carbocycles. The Bertz CT molecular complexity index is 391. The molecule has 0 bridgehead atoms. The number of hydrogen-bond acceptors (Lipinski definition) is 4. The van der Waals surface area contributed by atoms with Crippen molar-refractivity contribution in [2.45, 2.75) is 6.04 Å². The molecule has 2 atom stereocenters. The van der Waals surface area contributed by atoms with Gasteiger partial charge in [0.25, 0.3) is 0 Å². The van der Waals surface area contributed by atoms with Crippen LogP contribution in [-0.2, 0) is 9.59 Å². The van der Waals surface area contributed by atoms with Gasteiger partial charge in [-0.05, 0) is 0 Å². The standard InChI is InChI=1S/C8H8N4O2/c9-6-4-5(6)8(14)12(7(4)13)3-1-2-10-11-3/h1-2,4-6H,9H2,(H,10,11). The average molecular weight is 192 g/mol. The first-order valence-corrected chi connectivity index (χ1v) is 4.34. The number of carbonyl (C=O) groups excluding carboxylic acids is 2. The minimum absolute atomic E-state index is 0.211. The van der Waals surface area contributed by atoms with Crippen LogP contribution in [0.1, 0.15) is 0 Å². The molecule has 1 aromatic rings. The van der Waals surface area contributed by atoms with Gasteiger partial charge in [0, 0.05) is 12.1 Å². The van der Waals surface area contributed by atoms with E-state index in [9.17, 15) is 9.59 Å². The molecule has 0 radical (unpaired) electrons. The summed E-state index contributed by atoms with van der Waals surface area (Å²) < 4.78 is 0. The van der Waals surface area contributed by atoms with Gasteiger partial charge in [0.1, 0.15) is 5.82 Å². The lowest BCUT2D eigenvalue weighted by molar-refractivity contribution is -0.123. The normalized spacial score (nSPS) is 34.9. The molecular weight excluding hydrogens is 184 g/mol. The first kappa shape index (κ1) is 7.69. The first-order valence-electron chi connectivity index (χ1n) is 4.34. The molecule has 2 amide bonds. The lowest BCUT2D eigenvalue weighted by Crippen LogP contribution is -2.37. The van der Waals surface area contributed by atoms with Gasteiger partial charge >= 0.3 is 0 Å². The third kappa shape index (κ3) is 0.717. The van der Waals surface area contributed by atoms with Gasteiger partial charge in [0.05, 0.1) is 18.0 Å². The number of aromatic nitrogens is 2. The second-order valence-electron chi connectivity index (χ2n) is 3.58. The van der Waals surface area contributed by atoms with Crippen LogP contribution >= 0.6 is 0 Å². The lowest BCUT2D eigenvalue weighted by atomic mass is 10.3. The van der Waals surface area contributed by atoms with Gasteiger partial charge in [-0.2, -0.15) is 5.10 Å². The number of hydrogen-bond donors (Lipinski definition) is 2. The number of carbonyl (C=O) groups is 2. The SMILES string of the molecule is NC1C2C(=O)N(c3ccn[nH]3)C(=O)C12. The molecule has 6 heteroatoms. The molecule has 2 unspecified atom stereocenters. The van der Waals surface area contributed by atoms with Crippen molar-refractivity contribution in [1.29, 1.82) is 0 Å². The maximum absolute atomic E-state index is 11.6. The van der Waals surface area contributed by atoms with Crippen molar-refractivity contribution in [2.75, 3.05) is 4.90 Å². The number of nitrogens with two attached hydrogens (primary N) is 1. The van der Waals surface area contributed by atoms with E-state index in [1.807, 2.05) is 0 Å². The van der Waals surface area contributed by atoms with Crippen LogP contribution in [0.2, 0.25) is 0 Å². The predicted molar refractivity (Wildman–Crippen MR) is 46.0 cm³/mol. The predicted octanol–water partition coefficient (Wildman–Crippen LogP) is -1.14. The first-order chi connectivity index (χ1) is 6.72. The van der Waals surface area contributed by atoms with Gasteiger partial charge in [0.15, 0.2) is 0 Å². The fraction of sp³-hybridized carbons (Fsp3) is 0.375. The Hall–Kier alpha value is -1.69. The quantitative estimate of drug-likeness (QED) is 0.550. The zero-order valence-corrected chi connectivity index (χ0v) is 7.18. The van der Waals surface area contributed by atoms with Crippen molar-refractivity contribution in [1.82, 2.24) is 10.2 Å². The lowest BCUT2D eigenvalue weighted by Gasteiger charge is -2.14. The number of piperidine rings is 1. The summed E-state index contributed by atoms with van der Waals surface area (Å²) in [5.74, 6) is -0.593. The van der Waals surface area contributed by atoms with Crippen LogP contribution in [0.25, 0.3) is 0 Å². The van der Waals surface area contributed by atoms with E-state index in [4.69, 9.17) is 5.73 Å². The Morgan fingerprint density at radius 2 is 2.00 bits per heavy atom. The molecule has 3 N–H and O–H groups in total. The maximum atomic E-state index is 11.6. The fourth-order valence-electron chi connectivity index (χ4n) is 1.99. The van der Waals surface area contributed by atoms with Gasteiger partial charge in [0.2, 0.25) is 11.8 Å². The fourth-order valence-corrected chi connectivity index (χ4v) is 1.99. The number of fused-ring (bicyclic) bond motifs is 1. The summed E-state index contributed by atoms with van der Waals surface area (Å²) in [7, 11) is 0. The van der Waals surface area contributed by atoms with E-state index in [0.717, 1.165) is 4.90 Å². The minimum atomic E-state index is -0.300. The maximum Gasteiger partial charge on any atom is 0.240 e. The molecule has 3 rings (SSSR count). The molecule has 1 aliphatic heterocycles. The van der Waals surface area contributed by atoms with Gasteiger partial charge in [-0.1, -0.05) is 0 Å². The Morgan fingerprint density at radius 3 is 2.50 bits per heavy atom. The third-order valence-electron chi connectivity index (χ3n) is 2.81. The van der Waals surface area contributed by atoms with E-state index in [2.05, 4.69) is 10.2 Å². The van der Waals surface area contributed by atoms with Gasteiger partial charge in [-0.25, -0.2) is 4.90 Å². The van der Waals surface area contributed by atoms with E-state index in [0.29, 0.717) is 5.82 Å².